The standard InChI is InChI=1S/C16H16N2/c17-15-7-6-13-4-1-5-14(16(13)10-15)9-12-3-2-8-18-11-12/h1-5,8,10-11H,6-7,9,17H2. The molecule has 0 unspecified atom stereocenters. The molecule has 0 bridgehead atoms. The van der Waals surface area contributed by atoms with Crippen molar-refractivity contribution in [1.29, 1.82) is 0 Å². The van der Waals surface area contributed by atoms with E-state index < -0.39 is 0 Å². The van der Waals surface area contributed by atoms with Crippen molar-refractivity contribution in [2.24, 2.45) is 5.73 Å². The topological polar surface area (TPSA) is 38.9 Å². The first-order chi connectivity index (χ1) is 8.83. The van der Waals surface area contributed by atoms with Gasteiger partial charge in [-0.1, -0.05) is 24.3 Å². The highest BCUT2D eigenvalue weighted by Crippen LogP contribution is 2.26. The molecule has 18 heavy (non-hydrogen) atoms. The van der Waals surface area contributed by atoms with Gasteiger partial charge in [0.25, 0.3) is 0 Å². The number of rotatable bonds is 2. The number of pyridine rings is 1. The van der Waals surface area contributed by atoms with E-state index in [1.807, 2.05) is 18.5 Å². The van der Waals surface area contributed by atoms with Gasteiger partial charge in [-0.25, -0.2) is 0 Å². The summed E-state index contributed by atoms with van der Waals surface area (Å²) in [6.07, 6.45) is 8.81. The van der Waals surface area contributed by atoms with Gasteiger partial charge in [0, 0.05) is 18.1 Å². The molecular weight excluding hydrogens is 220 g/mol. The maximum atomic E-state index is 5.96. The Morgan fingerprint density at radius 3 is 2.89 bits per heavy atom. The molecule has 2 nitrogen and oxygen atoms in total. The van der Waals surface area contributed by atoms with Crippen molar-refractivity contribution < 1.29 is 0 Å². The van der Waals surface area contributed by atoms with E-state index >= 15 is 0 Å². The third kappa shape index (κ3) is 2.14. The van der Waals surface area contributed by atoms with Crippen LogP contribution in [0.5, 0.6) is 0 Å². The number of allylic oxidation sites excluding steroid dienone is 1. The number of benzene rings is 1. The van der Waals surface area contributed by atoms with Gasteiger partial charge >= 0.3 is 0 Å². The van der Waals surface area contributed by atoms with Gasteiger partial charge in [-0.2, -0.15) is 0 Å². The van der Waals surface area contributed by atoms with E-state index in [1.54, 1.807) is 0 Å². The van der Waals surface area contributed by atoms with Crippen molar-refractivity contribution in [1.82, 2.24) is 4.98 Å². The first-order valence-corrected chi connectivity index (χ1v) is 6.28. The molecule has 1 aromatic carbocycles. The fourth-order valence-electron chi connectivity index (χ4n) is 2.48. The number of nitrogens with two attached hydrogens (primary N) is 1. The zero-order chi connectivity index (χ0) is 12.4. The molecule has 0 amide bonds. The summed E-state index contributed by atoms with van der Waals surface area (Å²) in [5.74, 6) is 0. The highest BCUT2D eigenvalue weighted by Gasteiger charge is 2.12. The first kappa shape index (κ1) is 11.0. The van der Waals surface area contributed by atoms with E-state index in [-0.39, 0.29) is 0 Å². The average Bonchev–Trinajstić information content (AvgIpc) is 2.41. The van der Waals surface area contributed by atoms with E-state index in [4.69, 9.17) is 5.73 Å². The Morgan fingerprint density at radius 2 is 2.06 bits per heavy atom. The minimum absolute atomic E-state index is 0.917. The van der Waals surface area contributed by atoms with Crippen LogP contribution in [0.2, 0.25) is 0 Å². The zero-order valence-electron chi connectivity index (χ0n) is 10.3. The van der Waals surface area contributed by atoms with Gasteiger partial charge in [0.1, 0.15) is 0 Å². The second-order valence-corrected chi connectivity index (χ2v) is 4.75. The Kier molecular flexibility index (Phi) is 2.85. The van der Waals surface area contributed by atoms with Gasteiger partial charge < -0.3 is 5.73 Å². The third-order valence-corrected chi connectivity index (χ3v) is 3.42. The van der Waals surface area contributed by atoms with Gasteiger partial charge in [0.15, 0.2) is 0 Å². The molecule has 2 heteroatoms. The Hall–Kier alpha value is -2.09. The lowest BCUT2D eigenvalue weighted by atomic mass is 9.89. The van der Waals surface area contributed by atoms with Crippen molar-refractivity contribution in [3.8, 4) is 0 Å². The van der Waals surface area contributed by atoms with Crippen molar-refractivity contribution in [3.63, 3.8) is 0 Å². The zero-order valence-corrected chi connectivity index (χ0v) is 10.3. The van der Waals surface area contributed by atoms with Gasteiger partial charge in [-0.3, -0.25) is 4.98 Å². The largest absolute Gasteiger partial charge is 0.402 e. The number of fused-ring (bicyclic) bond motifs is 1. The van der Waals surface area contributed by atoms with Crippen LogP contribution in [0.25, 0.3) is 6.08 Å². The number of hydrogen-bond acceptors (Lipinski definition) is 2. The van der Waals surface area contributed by atoms with Crippen LogP contribution in [0.4, 0.5) is 0 Å². The third-order valence-electron chi connectivity index (χ3n) is 3.42. The average molecular weight is 236 g/mol. The van der Waals surface area contributed by atoms with E-state index in [0.717, 1.165) is 25.0 Å². The predicted octanol–water partition coefficient (Wildman–Crippen LogP) is 2.92. The molecule has 0 spiro atoms. The summed E-state index contributed by atoms with van der Waals surface area (Å²) in [7, 11) is 0. The molecule has 3 rings (SSSR count). The van der Waals surface area contributed by atoms with Crippen LogP contribution < -0.4 is 5.73 Å². The van der Waals surface area contributed by atoms with Crippen LogP contribution in [0.1, 0.15) is 28.7 Å². The SMILES string of the molecule is NC1=Cc2c(cccc2Cc2cccnc2)CC1. The van der Waals surface area contributed by atoms with Gasteiger partial charge in [-0.15, -0.1) is 0 Å². The molecule has 2 aromatic rings. The summed E-state index contributed by atoms with van der Waals surface area (Å²) in [6, 6.07) is 10.6. The molecular formula is C16H16N2. The molecule has 0 atom stereocenters. The Bertz CT molecular complexity index is 585. The molecule has 0 saturated heterocycles. The van der Waals surface area contributed by atoms with Crippen molar-refractivity contribution in [2.45, 2.75) is 19.3 Å². The molecule has 1 aliphatic rings. The van der Waals surface area contributed by atoms with Crippen molar-refractivity contribution in [3.05, 3.63) is 70.7 Å². The lowest BCUT2D eigenvalue weighted by molar-refractivity contribution is 0.907. The molecule has 0 aliphatic heterocycles. The molecule has 1 heterocycles. The molecule has 90 valence electrons. The minimum atomic E-state index is 0.917. The van der Waals surface area contributed by atoms with Crippen LogP contribution in [-0.4, -0.2) is 4.98 Å². The Labute approximate surface area is 107 Å². The maximum Gasteiger partial charge on any atom is 0.0303 e. The second kappa shape index (κ2) is 4.65. The number of aryl methyl sites for hydroxylation is 1. The fourth-order valence-corrected chi connectivity index (χ4v) is 2.48. The van der Waals surface area contributed by atoms with Crippen LogP contribution >= 0.6 is 0 Å². The molecule has 0 radical (unpaired) electrons. The number of hydrogen-bond donors (Lipinski definition) is 1. The summed E-state index contributed by atoms with van der Waals surface area (Å²) >= 11 is 0. The Morgan fingerprint density at radius 1 is 1.11 bits per heavy atom. The lowest BCUT2D eigenvalue weighted by Gasteiger charge is -2.17. The van der Waals surface area contributed by atoms with Crippen molar-refractivity contribution >= 4 is 6.08 Å². The van der Waals surface area contributed by atoms with E-state index in [1.165, 1.54) is 22.3 Å². The highest BCUT2D eigenvalue weighted by atomic mass is 14.6. The van der Waals surface area contributed by atoms with E-state index in [0.29, 0.717) is 0 Å². The van der Waals surface area contributed by atoms with Crippen molar-refractivity contribution in [2.75, 3.05) is 0 Å². The van der Waals surface area contributed by atoms with E-state index in [2.05, 4.69) is 35.3 Å². The summed E-state index contributed by atoms with van der Waals surface area (Å²) < 4.78 is 0. The van der Waals surface area contributed by atoms with Crippen LogP contribution in [0.3, 0.4) is 0 Å². The molecule has 0 fully saturated rings. The lowest BCUT2D eigenvalue weighted by Crippen LogP contribution is -2.08. The smallest absolute Gasteiger partial charge is 0.0303 e. The van der Waals surface area contributed by atoms with Gasteiger partial charge in [-0.05, 0) is 53.7 Å². The van der Waals surface area contributed by atoms with Crippen LogP contribution in [0.15, 0.2) is 48.4 Å². The summed E-state index contributed by atoms with van der Waals surface area (Å²) in [5.41, 5.74) is 12.2. The number of nitrogens with zero attached hydrogens (tertiary/aromatic N) is 1. The summed E-state index contributed by atoms with van der Waals surface area (Å²) in [6.45, 7) is 0. The van der Waals surface area contributed by atoms with Gasteiger partial charge in [0.05, 0.1) is 0 Å². The quantitative estimate of drug-likeness (QED) is 0.870. The fraction of sp³-hybridized carbons (Fsp3) is 0.188. The molecule has 0 saturated carbocycles. The summed E-state index contributed by atoms with van der Waals surface area (Å²) in [4.78, 5) is 4.17. The maximum absolute atomic E-state index is 5.96. The number of aromatic nitrogens is 1. The molecule has 2 N–H and O–H groups in total. The van der Waals surface area contributed by atoms with Crippen LogP contribution in [0, 0.1) is 0 Å². The minimum Gasteiger partial charge on any atom is -0.402 e. The second-order valence-electron chi connectivity index (χ2n) is 4.75. The molecule has 1 aromatic heterocycles. The van der Waals surface area contributed by atoms with Crippen LogP contribution in [-0.2, 0) is 12.8 Å². The first-order valence-electron chi connectivity index (χ1n) is 6.28. The highest BCUT2D eigenvalue weighted by molar-refractivity contribution is 5.63. The van der Waals surface area contributed by atoms with Gasteiger partial charge in [0.2, 0.25) is 0 Å². The molecule has 1 aliphatic carbocycles. The summed E-state index contributed by atoms with van der Waals surface area (Å²) in [5, 5.41) is 0. The predicted molar refractivity (Wildman–Crippen MR) is 74.0 cm³/mol. The van der Waals surface area contributed by atoms with E-state index in [9.17, 15) is 0 Å². The Balaban J connectivity index is 1.99. The monoisotopic (exact) mass is 236 g/mol. The normalized spacial score (nSPS) is 13.9.